The van der Waals surface area contributed by atoms with Crippen LogP contribution in [-0.4, -0.2) is 56.3 Å². The molecule has 2 spiro atoms. The van der Waals surface area contributed by atoms with Gasteiger partial charge in [-0.15, -0.1) is 0 Å². The van der Waals surface area contributed by atoms with Crippen molar-refractivity contribution in [3.63, 3.8) is 0 Å². The van der Waals surface area contributed by atoms with Crippen molar-refractivity contribution in [2.75, 3.05) is 21.3 Å². The molecule has 10 saturated carbocycles. The maximum atomic E-state index is 11.6. The van der Waals surface area contributed by atoms with Crippen LogP contribution in [0.5, 0.6) is 0 Å². The van der Waals surface area contributed by atoms with E-state index in [0.717, 1.165) is 74.0 Å². The Hall–Kier alpha value is -2.04. The lowest BCUT2D eigenvalue weighted by atomic mass is 9.53. The van der Waals surface area contributed by atoms with E-state index in [1.807, 2.05) is 0 Å². The van der Waals surface area contributed by atoms with E-state index in [1.54, 1.807) is 7.11 Å². The molecule has 0 unspecified atom stereocenters. The molecule has 11 rings (SSSR count). The maximum Gasteiger partial charge on any atom is 0.305 e. The number of esters is 2. The van der Waals surface area contributed by atoms with Gasteiger partial charge in [-0.1, -0.05) is 34.9 Å². The smallest absolute Gasteiger partial charge is 0.305 e. The summed E-state index contributed by atoms with van der Waals surface area (Å²) in [5, 5.41) is 4.24. The summed E-state index contributed by atoms with van der Waals surface area (Å²) in [6.07, 6.45) is 21.2. The number of Topliss-reactive ketones (excluding diaryl/α,β-unsaturated/α-hetero) is 1. The third-order valence-electron chi connectivity index (χ3n) is 13.8. The molecule has 10 heteroatoms. The molecular formula is C43H75NO9. The van der Waals surface area contributed by atoms with Crippen LogP contribution in [0.3, 0.4) is 0 Å². The highest BCUT2D eigenvalue weighted by atomic mass is 17.3. The highest BCUT2D eigenvalue weighted by molar-refractivity contribution is 5.90. The first kappa shape index (κ1) is 45.4. The lowest BCUT2D eigenvalue weighted by Gasteiger charge is -2.57. The van der Waals surface area contributed by atoms with Gasteiger partial charge in [-0.2, -0.15) is 9.78 Å². The van der Waals surface area contributed by atoms with Crippen molar-refractivity contribution in [1.82, 2.24) is 0 Å². The number of methoxy groups -OCH3 is 2. The number of ether oxygens (including phenoxy) is 3. The molecule has 1 saturated heterocycles. The van der Waals surface area contributed by atoms with Gasteiger partial charge < -0.3 is 19.0 Å². The molecule has 0 aromatic carbocycles. The molecule has 0 amide bonds. The van der Waals surface area contributed by atoms with Gasteiger partial charge in [-0.3, -0.25) is 14.4 Å². The van der Waals surface area contributed by atoms with Crippen molar-refractivity contribution in [1.29, 1.82) is 0 Å². The van der Waals surface area contributed by atoms with Gasteiger partial charge in [0.15, 0.2) is 0 Å². The number of oxime groups is 1. The molecule has 0 aromatic heterocycles. The highest BCUT2D eigenvalue weighted by Gasteiger charge is 2.67. The number of carbonyl (C=O) groups excluding carboxylic acids is 3. The monoisotopic (exact) mass is 750 g/mol. The summed E-state index contributed by atoms with van der Waals surface area (Å²) >= 11 is 0. The number of hydrogen-bond donors (Lipinski definition) is 0. The Balaban J connectivity index is 0.000000225. The fourth-order valence-electron chi connectivity index (χ4n) is 12.1. The molecule has 0 aromatic rings. The Labute approximate surface area is 321 Å². The summed E-state index contributed by atoms with van der Waals surface area (Å²) in [6.45, 7) is 0. The van der Waals surface area contributed by atoms with Gasteiger partial charge in [0.2, 0.25) is 11.6 Å². The molecular weight excluding hydrogens is 674 g/mol. The van der Waals surface area contributed by atoms with Crippen LogP contribution >= 0.6 is 0 Å². The normalized spacial score (nSPS) is 40.5. The molecule has 10 aliphatic carbocycles. The molecule has 53 heavy (non-hydrogen) atoms. The zero-order valence-corrected chi connectivity index (χ0v) is 30.0. The number of rotatable bonds is 5. The second-order valence-electron chi connectivity index (χ2n) is 17.2. The van der Waals surface area contributed by atoms with Gasteiger partial charge >= 0.3 is 11.9 Å². The van der Waals surface area contributed by atoms with Gasteiger partial charge in [-0.25, -0.2) is 0 Å². The molecule has 0 radical (unpaired) electrons. The first-order chi connectivity index (χ1) is 23.7. The topological polar surface area (TPSA) is 119 Å². The van der Waals surface area contributed by atoms with E-state index < -0.39 is 11.6 Å². The second kappa shape index (κ2) is 19.2. The Kier molecular flexibility index (Phi) is 16.4. The second-order valence-corrected chi connectivity index (χ2v) is 17.2. The molecule has 8 bridgehead atoms. The molecule has 306 valence electrons. The van der Waals surface area contributed by atoms with Gasteiger partial charge in [0.05, 0.1) is 19.9 Å². The minimum atomic E-state index is -0.633. The average molecular weight is 750 g/mol. The molecule has 3 atom stereocenters. The van der Waals surface area contributed by atoms with Crippen molar-refractivity contribution in [2.24, 2.45) is 64.3 Å². The summed E-state index contributed by atoms with van der Waals surface area (Å²) in [7, 11) is 4.52. The molecule has 0 N–H and O–H groups in total. The van der Waals surface area contributed by atoms with Crippen molar-refractivity contribution in [3.05, 3.63) is 0 Å². The quantitative estimate of drug-likeness (QED) is 0.154. The van der Waals surface area contributed by atoms with Crippen LogP contribution in [0, 0.1) is 59.2 Å². The third kappa shape index (κ3) is 9.86. The predicted octanol–water partition coefficient (Wildman–Crippen LogP) is 9.86. The van der Waals surface area contributed by atoms with E-state index in [1.165, 1.54) is 84.1 Å². The Morgan fingerprint density at radius 1 is 0.698 bits per heavy atom. The molecule has 1 aliphatic heterocycles. The Morgan fingerprint density at radius 2 is 1.21 bits per heavy atom. The summed E-state index contributed by atoms with van der Waals surface area (Å²) in [5.41, 5.74) is 1.40. The first-order valence-electron chi connectivity index (χ1n) is 19.5. The van der Waals surface area contributed by atoms with Gasteiger partial charge in [-0.05, 0) is 125 Å². The van der Waals surface area contributed by atoms with E-state index in [2.05, 4.69) is 9.89 Å². The molecule has 11 aliphatic rings. The number of carbonyl (C=O) groups is 3. The van der Waals surface area contributed by atoms with E-state index >= 15 is 0 Å². The zero-order valence-electron chi connectivity index (χ0n) is 30.0. The lowest BCUT2D eigenvalue weighted by Crippen LogP contribution is -2.59. The Bertz CT molecular complexity index is 1190. The average Bonchev–Trinajstić information content (AvgIpc) is 3.44. The number of nitrogens with zero attached hydrogens (tertiary/aromatic N) is 1. The van der Waals surface area contributed by atoms with Gasteiger partial charge in [0, 0.05) is 62.2 Å². The van der Waals surface area contributed by atoms with Crippen LogP contribution in [-0.2, 0) is 43.2 Å². The van der Waals surface area contributed by atoms with E-state index in [-0.39, 0.29) is 59.3 Å². The molecule has 1 heterocycles. The summed E-state index contributed by atoms with van der Waals surface area (Å²) in [5.74, 6) is 5.69. The minimum absolute atomic E-state index is 0. The van der Waals surface area contributed by atoms with Gasteiger partial charge in [0.1, 0.15) is 12.9 Å². The number of hydrogen-bond acceptors (Lipinski definition) is 10. The fourth-order valence-corrected chi connectivity index (χ4v) is 12.1. The summed E-state index contributed by atoms with van der Waals surface area (Å²) < 4.78 is 16.1. The minimum Gasteiger partial charge on any atom is -0.469 e. The van der Waals surface area contributed by atoms with Crippen molar-refractivity contribution < 1.29 is 43.2 Å². The highest BCUT2D eigenvalue weighted by Crippen LogP contribution is 2.64. The van der Waals surface area contributed by atoms with Crippen molar-refractivity contribution in [3.8, 4) is 0 Å². The van der Waals surface area contributed by atoms with Crippen LogP contribution in [0.2, 0.25) is 0 Å². The first-order valence-corrected chi connectivity index (χ1v) is 19.5. The third-order valence-corrected chi connectivity index (χ3v) is 13.8. The van der Waals surface area contributed by atoms with Crippen molar-refractivity contribution >= 4 is 23.4 Å². The number of ketones is 1. The fraction of sp³-hybridized carbons (Fsp3) is 0.907. The van der Waals surface area contributed by atoms with Crippen molar-refractivity contribution in [2.45, 2.75) is 170 Å². The maximum absolute atomic E-state index is 11.6. The molecule has 11 fully saturated rings. The van der Waals surface area contributed by atoms with E-state index in [9.17, 15) is 14.4 Å². The van der Waals surface area contributed by atoms with Crippen LogP contribution in [0.15, 0.2) is 5.16 Å². The standard InChI is InChI=1S/C19H28O5.C11H17NO.C9H14O3.4CH4/c1-21-17(20)10-12-3-2-4-18(11-12)22-19(24-23-18)15-6-13-5-14(8-15)9-16(19)7-13;1-13-12-11-9-3-7-2-8(5-9)6-10(11)4-7;1-12-9(11)6-7-3-2-4-8(10)5-7;;;;/h12-16H,2-11H2,1H3;7-10H,2-6H2,1H3;7H,2-6H2,1H3;4*1H4/t12-,13?,14?,15?,16?,18+,19?;;7-;;;;/m0.1..../s1. The SMILES string of the molecule is C.C.C.C.COC(=O)C[C@@H]1CCCC(=O)C1.COC(=O)C[C@@H]1CCC[C@]2(C1)OOC1(O2)C2CC3CC(C2)CC1C3.CON=C1C2CC3CC(C2)CC1C3. The van der Waals surface area contributed by atoms with E-state index in [4.69, 9.17) is 24.1 Å². The van der Waals surface area contributed by atoms with Crippen LogP contribution in [0.25, 0.3) is 0 Å². The largest absolute Gasteiger partial charge is 0.469 e. The molecule has 10 nitrogen and oxygen atoms in total. The predicted molar refractivity (Wildman–Crippen MR) is 206 cm³/mol. The van der Waals surface area contributed by atoms with Gasteiger partial charge in [0.25, 0.3) is 0 Å². The van der Waals surface area contributed by atoms with Crippen LogP contribution in [0.4, 0.5) is 0 Å². The summed E-state index contributed by atoms with van der Waals surface area (Å²) in [4.78, 5) is 50.4. The van der Waals surface area contributed by atoms with Crippen LogP contribution < -0.4 is 0 Å². The van der Waals surface area contributed by atoms with E-state index in [0.29, 0.717) is 37.5 Å². The van der Waals surface area contributed by atoms with Crippen LogP contribution in [0.1, 0.15) is 158 Å². The zero-order chi connectivity index (χ0) is 34.2. The summed E-state index contributed by atoms with van der Waals surface area (Å²) in [6, 6.07) is 0. The Morgan fingerprint density at radius 3 is 1.72 bits per heavy atom. The lowest BCUT2D eigenvalue weighted by molar-refractivity contribution is -0.390.